The highest BCUT2D eigenvalue weighted by Gasteiger charge is 2.23. The summed E-state index contributed by atoms with van der Waals surface area (Å²) in [6.45, 7) is 3.50. The van der Waals surface area contributed by atoms with Gasteiger partial charge in [-0.05, 0) is 42.5 Å². The van der Waals surface area contributed by atoms with Gasteiger partial charge in [-0.3, -0.25) is 9.69 Å². The van der Waals surface area contributed by atoms with Gasteiger partial charge in [0.15, 0.2) is 0 Å². The van der Waals surface area contributed by atoms with Gasteiger partial charge in [0.2, 0.25) is 0 Å². The highest BCUT2D eigenvalue weighted by Crippen LogP contribution is 2.21. The molecule has 1 aromatic heterocycles. The maximum Gasteiger partial charge on any atom is 0.252 e. The van der Waals surface area contributed by atoms with Crippen molar-refractivity contribution in [1.29, 1.82) is 0 Å². The molecule has 0 bridgehead atoms. The lowest BCUT2D eigenvalue weighted by Gasteiger charge is -2.15. The van der Waals surface area contributed by atoms with Crippen LogP contribution in [0, 0.1) is 5.92 Å². The van der Waals surface area contributed by atoms with Gasteiger partial charge in [-0.1, -0.05) is 0 Å². The zero-order valence-electron chi connectivity index (χ0n) is 13.1. The van der Waals surface area contributed by atoms with Crippen LogP contribution in [0.25, 0.3) is 10.9 Å². The van der Waals surface area contributed by atoms with E-state index in [1.54, 1.807) is 14.2 Å². The third-order valence-electron chi connectivity index (χ3n) is 4.30. The number of rotatable bonds is 5. The summed E-state index contributed by atoms with van der Waals surface area (Å²) < 4.78 is 10.4. The molecule has 1 saturated heterocycles. The van der Waals surface area contributed by atoms with Crippen molar-refractivity contribution < 1.29 is 9.47 Å². The third-order valence-corrected chi connectivity index (χ3v) is 4.30. The van der Waals surface area contributed by atoms with E-state index in [-0.39, 0.29) is 5.56 Å². The number of hydrogen-bond acceptors (Lipinski definition) is 4. The van der Waals surface area contributed by atoms with E-state index >= 15 is 0 Å². The molecule has 1 aromatic carbocycles. The fraction of sp³-hybridized carbons (Fsp3) is 0.471. The van der Waals surface area contributed by atoms with E-state index in [2.05, 4.69) is 9.88 Å². The van der Waals surface area contributed by atoms with Crippen LogP contribution in [-0.4, -0.2) is 43.8 Å². The van der Waals surface area contributed by atoms with Crippen molar-refractivity contribution in [2.45, 2.75) is 13.0 Å². The van der Waals surface area contributed by atoms with Crippen molar-refractivity contribution in [3.63, 3.8) is 0 Å². The molecule has 118 valence electrons. The first-order valence-corrected chi connectivity index (χ1v) is 7.61. The molecule has 0 saturated carbocycles. The van der Waals surface area contributed by atoms with Gasteiger partial charge < -0.3 is 14.5 Å². The van der Waals surface area contributed by atoms with E-state index in [1.165, 1.54) is 0 Å². The second-order valence-corrected chi connectivity index (χ2v) is 5.92. The summed E-state index contributed by atoms with van der Waals surface area (Å²) in [4.78, 5) is 17.6. The lowest BCUT2D eigenvalue weighted by Crippen LogP contribution is -2.25. The van der Waals surface area contributed by atoms with Crippen LogP contribution in [0.3, 0.4) is 0 Å². The van der Waals surface area contributed by atoms with Gasteiger partial charge in [-0.25, -0.2) is 0 Å². The van der Waals surface area contributed by atoms with Crippen LogP contribution in [0.5, 0.6) is 5.75 Å². The van der Waals surface area contributed by atoms with E-state index in [4.69, 9.17) is 9.47 Å². The van der Waals surface area contributed by atoms with Crippen LogP contribution in [0.4, 0.5) is 0 Å². The first kappa shape index (κ1) is 15.1. The number of benzene rings is 1. The Morgan fingerprint density at radius 3 is 2.95 bits per heavy atom. The van der Waals surface area contributed by atoms with Gasteiger partial charge in [0.25, 0.3) is 5.56 Å². The first-order valence-electron chi connectivity index (χ1n) is 7.61. The van der Waals surface area contributed by atoms with Gasteiger partial charge in [0.05, 0.1) is 19.2 Å². The lowest BCUT2D eigenvalue weighted by molar-refractivity contribution is 0.152. The SMILES string of the molecule is COCC1CCN(Cc2cc3ccc(OC)cc3[nH]c2=O)C1. The molecule has 1 fully saturated rings. The zero-order valence-corrected chi connectivity index (χ0v) is 13.1. The maximum atomic E-state index is 12.3. The number of methoxy groups -OCH3 is 2. The number of pyridine rings is 1. The molecule has 5 nitrogen and oxygen atoms in total. The number of fused-ring (bicyclic) bond motifs is 1. The molecular weight excluding hydrogens is 280 g/mol. The van der Waals surface area contributed by atoms with Crippen molar-refractivity contribution in [3.05, 3.63) is 40.2 Å². The normalized spacial score (nSPS) is 18.9. The number of nitrogens with zero attached hydrogens (tertiary/aromatic N) is 1. The predicted octanol–water partition coefficient (Wildman–Crippen LogP) is 2.00. The quantitative estimate of drug-likeness (QED) is 0.918. The van der Waals surface area contributed by atoms with Gasteiger partial charge in [0, 0.05) is 31.8 Å². The maximum absolute atomic E-state index is 12.3. The summed E-state index contributed by atoms with van der Waals surface area (Å²) in [5, 5.41) is 1.03. The molecule has 1 N–H and O–H groups in total. The summed E-state index contributed by atoms with van der Waals surface area (Å²) in [7, 11) is 3.36. The topological polar surface area (TPSA) is 54.6 Å². The fourth-order valence-corrected chi connectivity index (χ4v) is 3.14. The molecule has 1 atom stereocenters. The largest absolute Gasteiger partial charge is 0.497 e. The number of aromatic nitrogens is 1. The Bertz CT molecular complexity index is 711. The fourth-order valence-electron chi connectivity index (χ4n) is 3.14. The van der Waals surface area contributed by atoms with E-state index in [0.29, 0.717) is 12.5 Å². The van der Waals surface area contributed by atoms with E-state index in [0.717, 1.165) is 48.3 Å². The van der Waals surface area contributed by atoms with Crippen LogP contribution in [0.2, 0.25) is 0 Å². The molecule has 0 amide bonds. The van der Waals surface area contributed by atoms with Crippen LogP contribution in [0.15, 0.2) is 29.1 Å². The van der Waals surface area contributed by atoms with Crippen LogP contribution < -0.4 is 10.3 Å². The number of hydrogen-bond donors (Lipinski definition) is 1. The summed E-state index contributed by atoms with van der Waals surface area (Å²) in [6.07, 6.45) is 1.14. The molecule has 22 heavy (non-hydrogen) atoms. The lowest BCUT2D eigenvalue weighted by atomic mass is 10.1. The number of ether oxygens (including phenoxy) is 2. The molecule has 2 aromatic rings. The highest BCUT2D eigenvalue weighted by atomic mass is 16.5. The van der Waals surface area contributed by atoms with Crippen molar-refractivity contribution in [2.75, 3.05) is 33.9 Å². The Kier molecular flexibility index (Phi) is 4.45. The van der Waals surface area contributed by atoms with Gasteiger partial charge in [-0.2, -0.15) is 0 Å². The molecule has 3 rings (SSSR count). The number of aromatic amines is 1. The molecular formula is C17H22N2O3. The molecule has 0 spiro atoms. The number of likely N-dealkylation sites (tertiary alicyclic amines) is 1. The smallest absolute Gasteiger partial charge is 0.252 e. The van der Waals surface area contributed by atoms with Gasteiger partial charge in [-0.15, -0.1) is 0 Å². The Morgan fingerprint density at radius 2 is 2.18 bits per heavy atom. The predicted molar refractivity (Wildman–Crippen MR) is 86.4 cm³/mol. The number of nitrogens with one attached hydrogen (secondary N) is 1. The molecule has 1 unspecified atom stereocenters. The standard InChI is InChI=1S/C17H22N2O3/c1-21-11-12-5-6-19(9-12)10-14-7-13-3-4-15(22-2)8-16(13)18-17(14)20/h3-4,7-8,12H,5-6,9-11H2,1-2H3,(H,18,20). The summed E-state index contributed by atoms with van der Waals surface area (Å²) in [5.41, 5.74) is 1.61. The first-order chi connectivity index (χ1) is 10.7. The van der Waals surface area contributed by atoms with Crippen molar-refractivity contribution in [2.24, 2.45) is 5.92 Å². The highest BCUT2D eigenvalue weighted by molar-refractivity contribution is 5.80. The Morgan fingerprint density at radius 1 is 1.32 bits per heavy atom. The van der Waals surface area contributed by atoms with E-state index in [9.17, 15) is 4.79 Å². The van der Waals surface area contributed by atoms with Crippen LogP contribution in [0.1, 0.15) is 12.0 Å². The minimum Gasteiger partial charge on any atom is -0.497 e. The molecule has 1 aliphatic heterocycles. The minimum atomic E-state index is -0.0176. The summed E-state index contributed by atoms with van der Waals surface area (Å²) in [5.74, 6) is 1.33. The zero-order chi connectivity index (χ0) is 15.5. The van der Waals surface area contributed by atoms with Crippen molar-refractivity contribution in [3.8, 4) is 5.75 Å². The summed E-state index contributed by atoms with van der Waals surface area (Å²) >= 11 is 0. The Balaban J connectivity index is 1.80. The molecule has 0 radical (unpaired) electrons. The molecule has 0 aliphatic carbocycles. The van der Waals surface area contributed by atoms with E-state index < -0.39 is 0 Å². The molecule has 5 heteroatoms. The molecule has 2 heterocycles. The third kappa shape index (κ3) is 3.15. The van der Waals surface area contributed by atoms with Crippen LogP contribution >= 0.6 is 0 Å². The van der Waals surface area contributed by atoms with Crippen molar-refractivity contribution >= 4 is 10.9 Å². The average molecular weight is 302 g/mol. The average Bonchev–Trinajstić information content (AvgIpc) is 2.95. The van der Waals surface area contributed by atoms with Gasteiger partial charge in [0.1, 0.15) is 5.75 Å². The number of H-pyrrole nitrogens is 1. The Labute approximate surface area is 129 Å². The van der Waals surface area contributed by atoms with Gasteiger partial charge >= 0.3 is 0 Å². The second kappa shape index (κ2) is 6.50. The Hall–Kier alpha value is -1.85. The van der Waals surface area contributed by atoms with Crippen molar-refractivity contribution in [1.82, 2.24) is 9.88 Å². The monoisotopic (exact) mass is 302 g/mol. The molecule has 1 aliphatic rings. The summed E-state index contributed by atoms with van der Waals surface area (Å²) in [6, 6.07) is 7.72. The second-order valence-electron chi connectivity index (χ2n) is 5.92. The van der Waals surface area contributed by atoms with E-state index in [1.807, 2.05) is 24.3 Å². The van der Waals surface area contributed by atoms with Crippen LogP contribution in [-0.2, 0) is 11.3 Å². The minimum absolute atomic E-state index is 0.0176.